The van der Waals surface area contributed by atoms with Crippen LogP contribution in [-0.4, -0.2) is 26.6 Å². The molecule has 0 spiro atoms. The van der Waals surface area contributed by atoms with Crippen LogP contribution in [0.5, 0.6) is 0 Å². The van der Waals surface area contributed by atoms with Crippen molar-refractivity contribution in [3.63, 3.8) is 0 Å². The van der Waals surface area contributed by atoms with Gasteiger partial charge in [0.1, 0.15) is 0 Å². The number of rotatable bonds is 7. The Balaban J connectivity index is 2.24. The number of anilines is 1. The van der Waals surface area contributed by atoms with E-state index < -0.39 is 21.7 Å². The number of para-hydroxylation sites is 1. The summed E-state index contributed by atoms with van der Waals surface area (Å²) in [5.74, 6) is -1.11. The number of nitrogens with one attached hydrogen (secondary N) is 2. The van der Waals surface area contributed by atoms with Crippen LogP contribution >= 0.6 is 11.8 Å². The minimum atomic E-state index is -3.85. The highest BCUT2D eigenvalue weighted by Gasteiger charge is 2.17. The number of alkyl halides is 2. The van der Waals surface area contributed by atoms with Crippen LogP contribution in [0.3, 0.4) is 0 Å². The van der Waals surface area contributed by atoms with Gasteiger partial charge in [0.05, 0.1) is 17.1 Å². The molecule has 1 amide bonds. The number of sulfonamides is 1. The molecule has 5 nitrogen and oxygen atoms in total. The van der Waals surface area contributed by atoms with Gasteiger partial charge in [0, 0.05) is 10.5 Å². The van der Waals surface area contributed by atoms with E-state index in [-0.39, 0.29) is 27.6 Å². The van der Waals surface area contributed by atoms with Gasteiger partial charge in [-0.05, 0) is 30.3 Å². The predicted octanol–water partition coefficient (Wildman–Crippen LogP) is 3.17. The fourth-order valence-electron chi connectivity index (χ4n) is 1.99. The molecule has 2 aromatic carbocycles. The van der Waals surface area contributed by atoms with Crippen LogP contribution in [0.15, 0.2) is 58.3 Å². The molecular weight excluding hydrogens is 382 g/mol. The lowest BCUT2D eigenvalue weighted by Crippen LogP contribution is -2.24. The Kier molecular flexibility index (Phi) is 6.74. The molecule has 0 heterocycles. The number of hydrogen-bond donors (Lipinski definition) is 2. The van der Waals surface area contributed by atoms with Crippen molar-refractivity contribution in [2.45, 2.75) is 15.5 Å². The van der Waals surface area contributed by atoms with Crippen molar-refractivity contribution in [1.29, 1.82) is 0 Å². The molecule has 0 saturated heterocycles. The van der Waals surface area contributed by atoms with Gasteiger partial charge in [-0.15, -0.1) is 6.42 Å². The number of carbonyl (C=O) groups excluding carboxylic acids is 1. The zero-order chi connectivity index (χ0) is 19.2. The number of halogens is 2. The molecule has 9 heteroatoms. The molecule has 0 radical (unpaired) electrons. The Bertz CT molecular complexity index is 941. The molecule has 2 rings (SSSR count). The average Bonchev–Trinajstić information content (AvgIpc) is 2.61. The molecule has 0 aliphatic carbocycles. The summed E-state index contributed by atoms with van der Waals surface area (Å²) in [5, 5.41) is 2.51. The summed E-state index contributed by atoms with van der Waals surface area (Å²) in [6.45, 7) is -0.184. The van der Waals surface area contributed by atoms with Crippen LogP contribution in [0, 0.1) is 12.3 Å². The third-order valence-corrected chi connectivity index (χ3v) is 5.31. The Morgan fingerprint density at radius 3 is 2.62 bits per heavy atom. The van der Waals surface area contributed by atoms with Gasteiger partial charge in [0.15, 0.2) is 0 Å². The van der Waals surface area contributed by atoms with Gasteiger partial charge >= 0.3 is 0 Å². The maximum atomic E-state index is 12.6. The van der Waals surface area contributed by atoms with E-state index >= 15 is 0 Å². The van der Waals surface area contributed by atoms with E-state index in [4.69, 9.17) is 6.42 Å². The Morgan fingerprint density at radius 1 is 1.19 bits per heavy atom. The summed E-state index contributed by atoms with van der Waals surface area (Å²) in [5.41, 5.74) is 0.270. The van der Waals surface area contributed by atoms with Crippen LogP contribution in [0.2, 0.25) is 0 Å². The molecule has 0 aromatic heterocycles. The van der Waals surface area contributed by atoms with E-state index in [9.17, 15) is 22.0 Å². The first-order valence-corrected chi connectivity index (χ1v) is 9.58. The van der Waals surface area contributed by atoms with Crippen LogP contribution in [0.25, 0.3) is 0 Å². The highest BCUT2D eigenvalue weighted by molar-refractivity contribution is 7.99. The standard InChI is InChI=1S/C17H14F2N2O3S2/c1-2-10-20-26(23,24)13-7-5-6-12(11-13)16(22)21-14-8-3-4-9-15(14)25-17(18)19/h1,3-9,11,17,20H,10H2,(H,21,22). The second kappa shape index (κ2) is 8.80. The quantitative estimate of drug-likeness (QED) is 0.557. The third kappa shape index (κ3) is 5.29. The van der Waals surface area contributed by atoms with E-state index in [1.165, 1.54) is 36.4 Å². The smallest absolute Gasteiger partial charge is 0.288 e. The summed E-state index contributed by atoms with van der Waals surface area (Å²) in [7, 11) is -3.85. The number of terminal acetylenes is 1. The van der Waals surface area contributed by atoms with Gasteiger partial charge in [-0.1, -0.05) is 35.9 Å². The Labute approximate surface area is 154 Å². The number of hydrogen-bond acceptors (Lipinski definition) is 4. The third-order valence-electron chi connectivity index (χ3n) is 3.12. The van der Waals surface area contributed by atoms with Gasteiger partial charge in [-0.25, -0.2) is 8.42 Å². The lowest BCUT2D eigenvalue weighted by atomic mass is 10.2. The zero-order valence-electron chi connectivity index (χ0n) is 13.3. The van der Waals surface area contributed by atoms with E-state index in [2.05, 4.69) is 16.0 Å². The van der Waals surface area contributed by atoms with Crippen molar-refractivity contribution in [3.05, 3.63) is 54.1 Å². The summed E-state index contributed by atoms with van der Waals surface area (Å²) < 4.78 is 51.6. The minimum Gasteiger partial charge on any atom is -0.321 e. The van der Waals surface area contributed by atoms with E-state index in [0.29, 0.717) is 11.8 Å². The Hall–Kier alpha value is -2.41. The van der Waals surface area contributed by atoms with Crippen LogP contribution in [0.4, 0.5) is 14.5 Å². The second-order valence-electron chi connectivity index (χ2n) is 4.89. The summed E-state index contributed by atoms with van der Waals surface area (Å²) in [6.07, 6.45) is 5.03. The molecule has 0 aliphatic rings. The molecule has 2 aromatic rings. The highest BCUT2D eigenvalue weighted by atomic mass is 32.2. The normalized spacial score (nSPS) is 11.2. The average molecular weight is 396 g/mol. The van der Waals surface area contributed by atoms with E-state index in [0.717, 1.165) is 0 Å². The van der Waals surface area contributed by atoms with E-state index in [1.54, 1.807) is 12.1 Å². The molecule has 136 valence electrons. The number of amides is 1. The molecule has 0 unspecified atom stereocenters. The lowest BCUT2D eigenvalue weighted by Gasteiger charge is -2.11. The monoisotopic (exact) mass is 396 g/mol. The van der Waals surface area contributed by atoms with Crippen LogP contribution in [-0.2, 0) is 10.0 Å². The molecule has 0 atom stereocenters. The minimum absolute atomic E-state index is 0.0606. The number of benzene rings is 2. The fraction of sp³-hybridized carbons (Fsp3) is 0.118. The number of thioether (sulfide) groups is 1. The van der Waals surface area contributed by atoms with Crippen molar-refractivity contribution in [2.75, 3.05) is 11.9 Å². The van der Waals surface area contributed by atoms with Crippen molar-refractivity contribution in [1.82, 2.24) is 4.72 Å². The first-order chi connectivity index (χ1) is 12.3. The van der Waals surface area contributed by atoms with Crippen LogP contribution in [0.1, 0.15) is 10.4 Å². The summed E-state index contributed by atoms with van der Waals surface area (Å²) in [6, 6.07) is 11.4. The topological polar surface area (TPSA) is 75.3 Å². The lowest BCUT2D eigenvalue weighted by molar-refractivity contribution is 0.102. The van der Waals surface area contributed by atoms with Crippen molar-refractivity contribution in [2.24, 2.45) is 0 Å². The maximum absolute atomic E-state index is 12.6. The highest BCUT2D eigenvalue weighted by Crippen LogP contribution is 2.31. The first kappa shape index (κ1) is 19.9. The van der Waals surface area contributed by atoms with Gasteiger partial charge in [-0.3, -0.25) is 4.79 Å². The summed E-state index contributed by atoms with van der Waals surface area (Å²) in [4.78, 5) is 12.5. The molecule has 0 bridgehead atoms. The maximum Gasteiger partial charge on any atom is 0.288 e. The molecule has 0 aliphatic heterocycles. The van der Waals surface area contributed by atoms with Gasteiger partial charge in [-0.2, -0.15) is 13.5 Å². The molecule has 26 heavy (non-hydrogen) atoms. The van der Waals surface area contributed by atoms with Crippen molar-refractivity contribution >= 4 is 33.4 Å². The second-order valence-corrected chi connectivity index (χ2v) is 7.68. The van der Waals surface area contributed by atoms with Crippen LogP contribution < -0.4 is 10.0 Å². The van der Waals surface area contributed by atoms with Gasteiger partial charge < -0.3 is 5.32 Å². The van der Waals surface area contributed by atoms with Gasteiger partial charge in [0.2, 0.25) is 10.0 Å². The fourth-order valence-corrected chi connectivity index (χ4v) is 3.56. The molecule has 0 fully saturated rings. The van der Waals surface area contributed by atoms with Gasteiger partial charge in [0.25, 0.3) is 11.7 Å². The van der Waals surface area contributed by atoms with E-state index in [1.807, 2.05) is 0 Å². The molecular formula is C17H14F2N2O3S2. The van der Waals surface area contributed by atoms with Crippen molar-refractivity contribution in [3.8, 4) is 12.3 Å². The SMILES string of the molecule is C#CCNS(=O)(=O)c1cccc(C(=O)Nc2ccccc2SC(F)F)c1. The predicted molar refractivity (Wildman–Crippen MR) is 96.7 cm³/mol. The first-order valence-electron chi connectivity index (χ1n) is 7.22. The molecule has 0 saturated carbocycles. The largest absolute Gasteiger partial charge is 0.321 e. The number of carbonyl (C=O) groups is 1. The summed E-state index contributed by atoms with van der Waals surface area (Å²) >= 11 is 0.306. The zero-order valence-corrected chi connectivity index (χ0v) is 14.9. The van der Waals surface area contributed by atoms with Crippen molar-refractivity contribution < 1.29 is 22.0 Å². The Morgan fingerprint density at radius 2 is 1.92 bits per heavy atom. The molecule has 2 N–H and O–H groups in total.